The number of halogens is 1. The van der Waals surface area contributed by atoms with E-state index < -0.39 is 17.8 Å². The van der Waals surface area contributed by atoms with Crippen molar-refractivity contribution in [2.24, 2.45) is 0 Å². The lowest BCUT2D eigenvalue weighted by Crippen LogP contribution is -2.54. The normalized spacial score (nSPS) is 14.9. The third-order valence-corrected chi connectivity index (χ3v) is 6.39. The monoisotopic (exact) mass is 513 g/mol. The molecule has 3 aromatic carbocycles. The number of aryl methyl sites for hydroxylation is 2. The zero-order valence-electron chi connectivity index (χ0n) is 20.1. The molecule has 186 valence electrons. The Hall–Kier alpha value is -4.36. The van der Waals surface area contributed by atoms with Crippen LogP contribution in [-0.4, -0.2) is 29.0 Å². The summed E-state index contributed by atoms with van der Waals surface area (Å²) in [4.78, 5) is 39.3. The molecule has 1 fully saturated rings. The molecule has 4 amide bonds. The molecule has 0 spiro atoms. The molecule has 0 unspecified atom stereocenters. The van der Waals surface area contributed by atoms with Gasteiger partial charge in [0, 0.05) is 34.2 Å². The number of benzene rings is 3. The summed E-state index contributed by atoms with van der Waals surface area (Å²) in [6.45, 7) is 3.27. The van der Waals surface area contributed by atoms with Crippen LogP contribution >= 0.6 is 11.6 Å². The van der Waals surface area contributed by atoms with E-state index in [-0.39, 0.29) is 5.57 Å². The van der Waals surface area contributed by atoms with Crippen LogP contribution in [-0.2, 0) is 16.1 Å². The number of barbiturate groups is 1. The van der Waals surface area contributed by atoms with Crippen LogP contribution in [0.1, 0.15) is 17.5 Å². The SMILES string of the molecule is Cc1ccc(OCCCn2cc(/C=C3/C(=O)NC(=O)N(c4ccc(Cl)cc4)C3=O)c3ccccc32)cc1. The second kappa shape index (κ2) is 10.3. The summed E-state index contributed by atoms with van der Waals surface area (Å²) in [6, 6.07) is 21.2. The van der Waals surface area contributed by atoms with Crippen LogP contribution in [0.25, 0.3) is 17.0 Å². The Balaban J connectivity index is 1.39. The lowest BCUT2D eigenvalue weighted by molar-refractivity contribution is -0.122. The number of para-hydroxylation sites is 1. The number of urea groups is 1. The van der Waals surface area contributed by atoms with E-state index in [0.717, 1.165) is 28.0 Å². The molecular weight excluding hydrogens is 490 g/mol. The van der Waals surface area contributed by atoms with Crippen molar-refractivity contribution >= 4 is 52.1 Å². The van der Waals surface area contributed by atoms with Gasteiger partial charge in [-0.15, -0.1) is 0 Å². The Morgan fingerprint density at radius 2 is 1.68 bits per heavy atom. The van der Waals surface area contributed by atoms with E-state index in [4.69, 9.17) is 16.3 Å². The highest BCUT2D eigenvalue weighted by Crippen LogP contribution is 2.27. The van der Waals surface area contributed by atoms with Gasteiger partial charge in [0.1, 0.15) is 11.3 Å². The first kappa shape index (κ1) is 24.3. The minimum atomic E-state index is -0.800. The van der Waals surface area contributed by atoms with E-state index in [1.807, 2.05) is 61.7 Å². The van der Waals surface area contributed by atoms with Gasteiger partial charge < -0.3 is 9.30 Å². The standard InChI is InChI=1S/C29H24ClN3O4/c1-19-7-13-23(14-8-19)37-16-4-15-32-18-20(24-5-2-3-6-26(24)32)17-25-27(34)31-29(36)33(28(25)35)22-11-9-21(30)10-12-22/h2-3,5-14,17-18H,4,15-16H2,1H3,(H,31,34,36)/b25-17-. The zero-order valence-corrected chi connectivity index (χ0v) is 20.9. The van der Waals surface area contributed by atoms with Gasteiger partial charge in [0.2, 0.25) is 0 Å². The predicted molar refractivity (Wildman–Crippen MR) is 144 cm³/mol. The molecule has 7 nitrogen and oxygen atoms in total. The van der Waals surface area contributed by atoms with Crippen LogP contribution in [0.15, 0.2) is 84.6 Å². The molecule has 1 aliphatic heterocycles. The number of carbonyl (C=O) groups is 3. The van der Waals surface area contributed by atoms with Crippen molar-refractivity contribution in [3.8, 4) is 5.75 Å². The van der Waals surface area contributed by atoms with Crippen molar-refractivity contribution in [3.63, 3.8) is 0 Å². The Morgan fingerprint density at radius 3 is 2.43 bits per heavy atom. The third-order valence-electron chi connectivity index (χ3n) is 6.14. The molecule has 1 aromatic heterocycles. The van der Waals surface area contributed by atoms with E-state index in [2.05, 4.69) is 9.88 Å². The summed E-state index contributed by atoms with van der Waals surface area (Å²) in [5.41, 5.74) is 3.05. The minimum absolute atomic E-state index is 0.125. The smallest absolute Gasteiger partial charge is 0.335 e. The van der Waals surface area contributed by atoms with Crippen LogP contribution in [0.5, 0.6) is 5.75 Å². The number of amides is 4. The number of rotatable bonds is 7. The molecule has 1 aliphatic rings. The van der Waals surface area contributed by atoms with E-state index in [0.29, 0.717) is 29.4 Å². The molecule has 0 bridgehead atoms. The van der Waals surface area contributed by atoms with Gasteiger partial charge in [-0.05, 0) is 61.9 Å². The number of anilines is 1. The Kier molecular flexibility index (Phi) is 6.79. The average molecular weight is 514 g/mol. The molecule has 8 heteroatoms. The largest absolute Gasteiger partial charge is 0.494 e. The van der Waals surface area contributed by atoms with E-state index in [9.17, 15) is 14.4 Å². The molecule has 1 N–H and O–H groups in total. The zero-order chi connectivity index (χ0) is 25.9. The van der Waals surface area contributed by atoms with Gasteiger partial charge in [-0.25, -0.2) is 9.69 Å². The Labute approximate surface area is 218 Å². The summed E-state index contributed by atoms with van der Waals surface area (Å²) < 4.78 is 7.93. The first-order valence-electron chi connectivity index (χ1n) is 11.8. The maximum Gasteiger partial charge on any atom is 0.335 e. The number of hydrogen-bond acceptors (Lipinski definition) is 4. The van der Waals surface area contributed by atoms with Crippen molar-refractivity contribution in [2.75, 3.05) is 11.5 Å². The van der Waals surface area contributed by atoms with Crippen molar-refractivity contribution in [1.29, 1.82) is 0 Å². The van der Waals surface area contributed by atoms with Gasteiger partial charge in [-0.2, -0.15) is 0 Å². The van der Waals surface area contributed by atoms with Crippen LogP contribution in [0.2, 0.25) is 5.02 Å². The van der Waals surface area contributed by atoms with Crippen molar-refractivity contribution in [1.82, 2.24) is 9.88 Å². The quantitative estimate of drug-likeness (QED) is 0.194. The summed E-state index contributed by atoms with van der Waals surface area (Å²) >= 11 is 5.94. The maximum atomic E-state index is 13.3. The topological polar surface area (TPSA) is 80.6 Å². The lowest BCUT2D eigenvalue weighted by atomic mass is 10.1. The lowest BCUT2D eigenvalue weighted by Gasteiger charge is -2.26. The third kappa shape index (κ3) is 5.13. The minimum Gasteiger partial charge on any atom is -0.494 e. The Bertz CT molecular complexity index is 1520. The second-order valence-electron chi connectivity index (χ2n) is 8.74. The van der Waals surface area contributed by atoms with Crippen LogP contribution in [0.4, 0.5) is 10.5 Å². The molecule has 0 radical (unpaired) electrons. The van der Waals surface area contributed by atoms with Gasteiger partial charge in [0.25, 0.3) is 11.8 Å². The van der Waals surface area contributed by atoms with E-state index in [1.165, 1.54) is 11.6 Å². The number of hydrogen-bond donors (Lipinski definition) is 1. The number of nitrogens with one attached hydrogen (secondary N) is 1. The summed E-state index contributed by atoms with van der Waals surface area (Å²) in [5, 5.41) is 3.63. The fraction of sp³-hybridized carbons (Fsp3) is 0.138. The van der Waals surface area contributed by atoms with Crippen LogP contribution in [0, 0.1) is 6.92 Å². The van der Waals surface area contributed by atoms with Gasteiger partial charge in [0.15, 0.2) is 0 Å². The molecule has 37 heavy (non-hydrogen) atoms. The van der Waals surface area contributed by atoms with Crippen molar-refractivity contribution in [2.45, 2.75) is 19.9 Å². The highest BCUT2D eigenvalue weighted by Gasteiger charge is 2.37. The highest BCUT2D eigenvalue weighted by atomic mass is 35.5. The average Bonchev–Trinajstić information content (AvgIpc) is 3.24. The Morgan fingerprint density at radius 1 is 0.946 bits per heavy atom. The highest BCUT2D eigenvalue weighted by molar-refractivity contribution is 6.39. The molecule has 5 rings (SSSR count). The van der Waals surface area contributed by atoms with Gasteiger partial charge in [-0.1, -0.05) is 47.5 Å². The molecule has 0 aliphatic carbocycles. The first-order valence-corrected chi connectivity index (χ1v) is 12.2. The number of carbonyl (C=O) groups excluding carboxylic acids is 3. The van der Waals surface area contributed by atoms with Crippen LogP contribution < -0.4 is 15.0 Å². The fourth-order valence-electron chi connectivity index (χ4n) is 4.27. The second-order valence-corrected chi connectivity index (χ2v) is 9.18. The summed E-state index contributed by atoms with van der Waals surface area (Å²) in [7, 11) is 0. The summed E-state index contributed by atoms with van der Waals surface area (Å²) in [5.74, 6) is -0.599. The fourth-order valence-corrected chi connectivity index (χ4v) is 4.40. The van der Waals surface area contributed by atoms with E-state index in [1.54, 1.807) is 24.3 Å². The van der Waals surface area contributed by atoms with Gasteiger partial charge in [-0.3, -0.25) is 14.9 Å². The maximum absolute atomic E-state index is 13.3. The summed E-state index contributed by atoms with van der Waals surface area (Å²) in [6.07, 6.45) is 4.21. The molecule has 0 atom stereocenters. The molecule has 4 aromatic rings. The van der Waals surface area contributed by atoms with Gasteiger partial charge in [0.05, 0.1) is 12.3 Å². The number of aromatic nitrogens is 1. The van der Waals surface area contributed by atoms with Crippen molar-refractivity contribution in [3.05, 3.63) is 101 Å². The van der Waals surface area contributed by atoms with Crippen LogP contribution in [0.3, 0.4) is 0 Å². The molecule has 1 saturated heterocycles. The first-order chi connectivity index (χ1) is 17.9. The number of nitrogens with zero attached hydrogens (tertiary/aromatic N) is 2. The number of fused-ring (bicyclic) bond motifs is 1. The van der Waals surface area contributed by atoms with Crippen molar-refractivity contribution < 1.29 is 19.1 Å². The molecule has 0 saturated carbocycles. The predicted octanol–water partition coefficient (Wildman–Crippen LogP) is 5.74. The van der Waals surface area contributed by atoms with E-state index >= 15 is 0 Å². The number of ether oxygens (including phenoxy) is 1. The molecular formula is C29H24ClN3O4. The number of imide groups is 2. The molecule has 2 heterocycles. The van der Waals surface area contributed by atoms with Gasteiger partial charge >= 0.3 is 6.03 Å².